The Morgan fingerprint density at radius 3 is 3.10 bits per heavy atom. The molecular weight excluding hydrogens is 278 g/mol. The summed E-state index contributed by atoms with van der Waals surface area (Å²) in [7, 11) is 1.44. The molecule has 0 atom stereocenters. The molecule has 1 heterocycles. The number of anilines is 1. The SMILES string of the molecule is COc1cccc(C=NNC(=O)Cn2nnc(N)n2)c1O. The van der Waals surface area contributed by atoms with Gasteiger partial charge in [-0.3, -0.25) is 4.79 Å². The first-order valence-electron chi connectivity index (χ1n) is 5.81. The third-order valence-electron chi connectivity index (χ3n) is 2.40. The maximum absolute atomic E-state index is 11.5. The van der Waals surface area contributed by atoms with E-state index in [1.165, 1.54) is 13.3 Å². The molecule has 0 aliphatic carbocycles. The first-order chi connectivity index (χ1) is 10.1. The van der Waals surface area contributed by atoms with Crippen LogP contribution in [0.4, 0.5) is 5.95 Å². The number of aromatic nitrogens is 4. The standard InChI is InChI=1S/C11H13N7O3/c1-21-8-4-2-3-7(10(8)20)5-13-14-9(19)6-18-16-11(12)15-17-18/h2-5,20H,6H2,1H3,(H2,12,16)(H,14,19). The lowest BCUT2D eigenvalue weighted by molar-refractivity contribution is -0.122. The highest BCUT2D eigenvalue weighted by atomic mass is 16.5. The van der Waals surface area contributed by atoms with E-state index in [1.54, 1.807) is 18.2 Å². The number of carbonyl (C=O) groups is 1. The van der Waals surface area contributed by atoms with Gasteiger partial charge in [-0.25, -0.2) is 5.43 Å². The lowest BCUT2D eigenvalue weighted by Gasteiger charge is -2.04. The van der Waals surface area contributed by atoms with Crippen molar-refractivity contribution in [3.05, 3.63) is 23.8 Å². The number of phenols is 1. The smallest absolute Gasteiger partial charge is 0.263 e. The predicted octanol–water partition coefficient (Wildman–Crippen LogP) is -0.880. The second kappa shape index (κ2) is 6.32. The Balaban J connectivity index is 1.94. The van der Waals surface area contributed by atoms with Gasteiger partial charge in [0.15, 0.2) is 11.5 Å². The number of nitrogen functional groups attached to an aromatic ring is 1. The van der Waals surface area contributed by atoms with Crippen molar-refractivity contribution < 1.29 is 14.6 Å². The van der Waals surface area contributed by atoms with Crippen molar-refractivity contribution in [2.75, 3.05) is 12.8 Å². The predicted molar refractivity (Wildman–Crippen MR) is 72.6 cm³/mol. The Morgan fingerprint density at radius 2 is 2.43 bits per heavy atom. The van der Waals surface area contributed by atoms with Crippen molar-refractivity contribution >= 4 is 18.1 Å². The number of hydrazone groups is 1. The number of hydrogen-bond acceptors (Lipinski definition) is 8. The fraction of sp³-hybridized carbons (Fsp3) is 0.182. The Hall–Kier alpha value is -3.17. The average molecular weight is 291 g/mol. The quantitative estimate of drug-likeness (QED) is 0.480. The minimum absolute atomic E-state index is 0.0207. The van der Waals surface area contributed by atoms with Crippen LogP contribution in [-0.4, -0.2) is 44.5 Å². The zero-order chi connectivity index (χ0) is 15.2. The highest BCUT2D eigenvalue weighted by molar-refractivity contribution is 5.86. The van der Waals surface area contributed by atoms with Gasteiger partial charge in [0.2, 0.25) is 0 Å². The summed E-state index contributed by atoms with van der Waals surface area (Å²) in [4.78, 5) is 12.6. The fourth-order valence-electron chi connectivity index (χ4n) is 1.47. The number of para-hydroxylation sites is 1. The van der Waals surface area contributed by atoms with E-state index in [-0.39, 0.29) is 18.2 Å². The molecule has 4 N–H and O–H groups in total. The highest BCUT2D eigenvalue weighted by Gasteiger charge is 2.06. The summed E-state index contributed by atoms with van der Waals surface area (Å²) in [6, 6.07) is 4.91. The largest absolute Gasteiger partial charge is 0.504 e. The third kappa shape index (κ3) is 3.65. The van der Waals surface area contributed by atoms with E-state index in [9.17, 15) is 9.90 Å². The molecule has 0 unspecified atom stereocenters. The fourth-order valence-corrected chi connectivity index (χ4v) is 1.47. The van der Waals surface area contributed by atoms with Crippen molar-refractivity contribution in [1.82, 2.24) is 25.6 Å². The lowest BCUT2D eigenvalue weighted by Crippen LogP contribution is -2.24. The van der Waals surface area contributed by atoms with Crippen LogP contribution >= 0.6 is 0 Å². The van der Waals surface area contributed by atoms with Gasteiger partial charge in [-0.1, -0.05) is 11.2 Å². The van der Waals surface area contributed by atoms with Crippen molar-refractivity contribution in [2.45, 2.75) is 6.54 Å². The van der Waals surface area contributed by atoms with Gasteiger partial charge in [0.05, 0.1) is 13.3 Å². The number of ether oxygens (including phenoxy) is 1. The summed E-state index contributed by atoms with van der Waals surface area (Å²) in [6.07, 6.45) is 1.29. The first kappa shape index (κ1) is 14.2. The molecule has 10 heteroatoms. The number of nitrogens with one attached hydrogen (secondary N) is 1. The summed E-state index contributed by atoms with van der Waals surface area (Å²) >= 11 is 0. The van der Waals surface area contributed by atoms with E-state index in [0.717, 1.165) is 4.80 Å². The molecule has 0 saturated carbocycles. The normalized spacial score (nSPS) is 10.7. The molecular formula is C11H13N7O3. The molecule has 0 bridgehead atoms. The van der Waals surface area contributed by atoms with Crippen LogP contribution in [0.1, 0.15) is 5.56 Å². The summed E-state index contributed by atoms with van der Waals surface area (Å²) in [5, 5.41) is 24.2. The molecule has 21 heavy (non-hydrogen) atoms. The van der Waals surface area contributed by atoms with E-state index >= 15 is 0 Å². The number of benzene rings is 1. The molecule has 0 aliphatic rings. The topological polar surface area (TPSA) is 141 Å². The van der Waals surface area contributed by atoms with E-state index in [1.807, 2.05) is 0 Å². The van der Waals surface area contributed by atoms with E-state index in [4.69, 9.17) is 10.5 Å². The Bertz CT molecular complexity index is 668. The molecule has 2 rings (SSSR count). The number of tetrazole rings is 1. The van der Waals surface area contributed by atoms with Crippen LogP contribution in [0.15, 0.2) is 23.3 Å². The molecule has 2 aromatic rings. The zero-order valence-corrected chi connectivity index (χ0v) is 11.1. The van der Waals surface area contributed by atoms with Gasteiger partial charge in [-0.05, 0) is 17.3 Å². The molecule has 0 radical (unpaired) electrons. The van der Waals surface area contributed by atoms with Gasteiger partial charge in [0.1, 0.15) is 6.54 Å². The van der Waals surface area contributed by atoms with Crippen LogP contribution < -0.4 is 15.9 Å². The monoisotopic (exact) mass is 291 g/mol. The van der Waals surface area contributed by atoms with E-state index < -0.39 is 5.91 Å². The summed E-state index contributed by atoms with van der Waals surface area (Å²) < 4.78 is 4.96. The molecule has 1 aromatic heterocycles. The maximum atomic E-state index is 11.5. The number of aromatic hydroxyl groups is 1. The van der Waals surface area contributed by atoms with Gasteiger partial charge in [-0.15, -0.1) is 5.10 Å². The highest BCUT2D eigenvalue weighted by Crippen LogP contribution is 2.27. The summed E-state index contributed by atoms with van der Waals surface area (Å²) in [5.74, 6) is -0.241. The molecule has 0 spiro atoms. The van der Waals surface area contributed by atoms with Crippen LogP contribution in [0.2, 0.25) is 0 Å². The second-order valence-corrected chi connectivity index (χ2v) is 3.87. The number of hydrogen-bond donors (Lipinski definition) is 3. The number of rotatable bonds is 5. The van der Waals surface area contributed by atoms with Crippen molar-refractivity contribution in [3.63, 3.8) is 0 Å². The van der Waals surface area contributed by atoms with Crippen LogP contribution in [0.3, 0.4) is 0 Å². The van der Waals surface area contributed by atoms with Crippen molar-refractivity contribution in [1.29, 1.82) is 0 Å². The molecule has 0 fully saturated rings. The number of phenolic OH excluding ortho intramolecular Hbond substituents is 1. The molecule has 1 amide bonds. The van der Waals surface area contributed by atoms with E-state index in [2.05, 4.69) is 25.9 Å². The number of methoxy groups -OCH3 is 1. The van der Waals surface area contributed by atoms with Crippen LogP contribution in [0.5, 0.6) is 11.5 Å². The van der Waals surface area contributed by atoms with Gasteiger partial charge in [0.25, 0.3) is 11.9 Å². The minimum atomic E-state index is -0.467. The molecule has 1 aromatic carbocycles. The average Bonchev–Trinajstić information content (AvgIpc) is 2.86. The molecule has 10 nitrogen and oxygen atoms in total. The third-order valence-corrected chi connectivity index (χ3v) is 2.40. The van der Waals surface area contributed by atoms with Crippen molar-refractivity contribution in [3.8, 4) is 11.5 Å². The number of carbonyl (C=O) groups excluding carboxylic acids is 1. The molecule has 0 saturated heterocycles. The first-order valence-corrected chi connectivity index (χ1v) is 5.81. The lowest BCUT2D eigenvalue weighted by atomic mass is 10.2. The van der Waals surface area contributed by atoms with Crippen LogP contribution in [0.25, 0.3) is 0 Å². The molecule has 0 aliphatic heterocycles. The Labute approximate surface area is 119 Å². The number of amides is 1. The van der Waals surface area contributed by atoms with Gasteiger partial charge >= 0.3 is 0 Å². The summed E-state index contributed by atoms with van der Waals surface area (Å²) in [5.41, 5.74) is 7.93. The van der Waals surface area contributed by atoms with Crippen LogP contribution in [0, 0.1) is 0 Å². The molecule has 110 valence electrons. The van der Waals surface area contributed by atoms with Crippen molar-refractivity contribution in [2.24, 2.45) is 5.10 Å². The van der Waals surface area contributed by atoms with Gasteiger partial charge in [-0.2, -0.15) is 9.90 Å². The minimum Gasteiger partial charge on any atom is -0.504 e. The Kier molecular flexibility index (Phi) is 4.29. The maximum Gasteiger partial charge on any atom is 0.263 e. The second-order valence-electron chi connectivity index (χ2n) is 3.87. The zero-order valence-electron chi connectivity index (χ0n) is 11.1. The van der Waals surface area contributed by atoms with Gasteiger partial charge < -0.3 is 15.6 Å². The summed E-state index contributed by atoms with van der Waals surface area (Å²) in [6.45, 7) is -0.175. The van der Waals surface area contributed by atoms with Gasteiger partial charge in [0, 0.05) is 5.56 Å². The number of nitrogens with zero attached hydrogens (tertiary/aromatic N) is 5. The number of nitrogens with two attached hydrogens (primary N) is 1. The van der Waals surface area contributed by atoms with Crippen LogP contribution in [-0.2, 0) is 11.3 Å². The Morgan fingerprint density at radius 1 is 1.62 bits per heavy atom. The van der Waals surface area contributed by atoms with E-state index in [0.29, 0.717) is 11.3 Å².